The van der Waals surface area contributed by atoms with E-state index in [1.54, 1.807) is 13.2 Å². The molecule has 0 unspecified atom stereocenters. The summed E-state index contributed by atoms with van der Waals surface area (Å²) in [5.74, 6) is 0.841. The maximum Gasteiger partial charge on any atom is 0.252 e. The molecule has 1 saturated heterocycles. The summed E-state index contributed by atoms with van der Waals surface area (Å²) in [6, 6.07) is 3.71. The molecule has 94 valence electrons. The number of carbonyl (C=O) groups excluding carboxylic acids is 1. The van der Waals surface area contributed by atoms with Gasteiger partial charge in [-0.15, -0.1) is 12.4 Å². The second-order valence-corrected chi connectivity index (χ2v) is 3.72. The average Bonchev–Trinajstić information content (AvgIpc) is 2.39. The molecule has 1 aliphatic heterocycles. The molecule has 2 heterocycles. The molecule has 0 aliphatic carbocycles. The molecule has 0 bridgehead atoms. The molecule has 2 rings (SSSR count). The van der Waals surface area contributed by atoms with Gasteiger partial charge in [0.2, 0.25) is 0 Å². The van der Waals surface area contributed by atoms with E-state index in [1.165, 1.54) is 0 Å². The van der Waals surface area contributed by atoms with Crippen LogP contribution in [0.15, 0.2) is 18.3 Å². The predicted octanol–water partition coefficient (Wildman–Crippen LogP) is 0.273. The van der Waals surface area contributed by atoms with E-state index in [0.29, 0.717) is 5.56 Å². The van der Waals surface area contributed by atoms with E-state index in [4.69, 9.17) is 0 Å². The fourth-order valence-electron chi connectivity index (χ4n) is 1.75. The number of carbonyl (C=O) groups is 1. The Morgan fingerprint density at radius 2 is 2.12 bits per heavy atom. The maximum atomic E-state index is 11.3. The normalized spacial score (nSPS) is 15.0. The van der Waals surface area contributed by atoms with Gasteiger partial charge in [0.1, 0.15) is 5.82 Å². The molecule has 1 amide bonds. The smallest absolute Gasteiger partial charge is 0.252 e. The largest absolute Gasteiger partial charge is 0.355 e. The number of nitrogens with zero attached hydrogens (tertiary/aromatic N) is 2. The number of rotatable bonds is 2. The minimum atomic E-state index is -0.0978. The van der Waals surface area contributed by atoms with Gasteiger partial charge in [0.05, 0.1) is 5.56 Å². The van der Waals surface area contributed by atoms with Crippen molar-refractivity contribution in [3.05, 3.63) is 23.9 Å². The van der Waals surface area contributed by atoms with Crippen molar-refractivity contribution < 1.29 is 4.79 Å². The van der Waals surface area contributed by atoms with Crippen LogP contribution in [0.25, 0.3) is 0 Å². The molecule has 6 heteroatoms. The van der Waals surface area contributed by atoms with Crippen LogP contribution in [0.4, 0.5) is 5.82 Å². The topological polar surface area (TPSA) is 57.3 Å². The lowest BCUT2D eigenvalue weighted by Gasteiger charge is -2.28. The van der Waals surface area contributed by atoms with E-state index in [9.17, 15) is 4.79 Å². The Morgan fingerprint density at radius 1 is 1.41 bits per heavy atom. The van der Waals surface area contributed by atoms with E-state index in [-0.39, 0.29) is 18.3 Å². The van der Waals surface area contributed by atoms with Crippen LogP contribution in [0.1, 0.15) is 10.4 Å². The highest BCUT2D eigenvalue weighted by atomic mass is 35.5. The number of piperazine rings is 1. The van der Waals surface area contributed by atoms with Crippen molar-refractivity contribution >= 4 is 24.1 Å². The van der Waals surface area contributed by atoms with Crippen molar-refractivity contribution in [3.63, 3.8) is 0 Å². The summed E-state index contributed by atoms with van der Waals surface area (Å²) in [5.41, 5.74) is 0.599. The zero-order chi connectivity index (χ0) is 11.4. The molecule has 0 aromatic carbocycles. The van der Waals surface area contributed by atoms with Crippen molar-refractivity contribution in [1.82, 2.24) is 15.6 Å². The summed E-state index contributed by atoms with van der Waals surface area (Å²) in [6.45, 7) is 3.90. The molecule has 1 aromatic heterocycles. The Balaban J connectivity index is 0.00000144. The first-order valence-corrected chi connectivity index (χ1v) is 5.45. The van der Waals surface area contributed by atoms with Crippen LogP contribution in [0.2, 0.25) is 0 Å². The molecule has 17 heavy (non-hydrogen) atoms. The number of amides is 1. The lowest BCUT2D eigenvalue weighted by molar-refractivity contribution is 0.0963. The molecule has 0 atom stereocenters. The fourth-order valence-corrected chi connectivity index (χ4v) is 1.75. The Kier molecular flexibility index (Phi) is 5.18. The third-order valence-corrected chi connectivity index (χ3v) is 2.68. The van der Waals surface area contributed by atoms with Crippen LogP contribution >= 0.6 is 12.4 Å². The quantitative estimate of drug-likeness (QED) is 0.798. The highest BCUT2D eigenvalue weighted by Gasteiger charge is 2.12. The monoisotopic (exact) mass is 256 g/mol. The standard InChI is InChI=1S/C11H16N4O.ClH/c1-12-11(16)9-2-3-10(14-8-9)15-6-4-13-5-7-15;/h2-3,8,13H,4-7H2,1H3,(H,12,16);1H. The van der Waals surface area contributed by atoms with E-state index in [0.717, 1.165) is 32.0 Å². The maximum absolute atomic E-state index is 11.3. The van der Waals surface area contributed by atoms with E-state index < -0.39 is 0 Å². The second-order valence-electron chi connectivity index (χ2n) is 3.72. The van der Waals surface area contributed by atoms with E-state index in [2.05, 4.69) is 20.5 Å². The Hall–Kier alpha value is -1.33. The van der Waals surface area contributed by atoms with Crippen LogP contribution in [-0.2, 0) is 0 Å². The number of anilines is 1. The molecule has 1 fully saturated rings. The number of hydrogen-bond acceptors (Lipinski definition) is 4. The van der Waals surface area contributed by atoms with Gasteiger partial charge < -0.3 is 15.5 Å². The molecular formula is C11H17ClN4O. The van der Waals surface area contributed by atoms with Crippen LogP contribution in [0, 0.1) is 0 Å². The van der Waals surface area contributed by atoms with Crippen LogP contribution in [0.3, 0.4) is 0 Å². The van der Waals surface area contributed by atoms with Gasteiger partial charge in [-0.05, 0) is 12.1 Å². The zero-order valence-electron chi connectivity index (χ0n) is 9.77. The highest BCUT2D eigenvalue weighted by Crippen LogP contribution is 2.11. The van der Waals surface area contributed by atoms with Gasteiger partial charge >= 0.3 is 0 Å². The van der Waals surface area contributed by atoms with Gasteiger partial charge in [-0.2, -0.15) is 0 Å². The third kappa shape index (κ3) is 3.31. The van der Waals surface area contributed by atoms with E-state index >= 15 is 0 Å². The fraction of sp³-hybridized carbons (Fsp3) is 0.455. The lowest BCUT2D eigenvalue weighted by Crippen LogP contribution is -2.43. The predicted molar refractivity (Wildman–Crippen MR) is 70.0 cm³/mol. The van der Waals surface area contributed by atoms with E-state index in [1.807, 2.05) is 12.1 Å². The molecule has 1 aliphatic rings. The van der Waals surface area contributed by atoms with Gasteiger partial charge in [-0.3, -0.25) is 4.79 Å². The first-order chi connectivity index (χ1) is 7.81. The van der Waals surface area contributed by atoms with Crippen molar-refractivity contribution in [2.45, 2.75) is 0 Å². The number of hydrogen-bond donors (Lipinski definition) is 2. The van der Waals surface area contributed by atoms with Crippen LogP contribution in [0.5, 0.6) is 0 Å². The van der Waals surface area contributed by atoms with Crippen molar-refractivity contribution in [2.75, 3.05) is 38.1 Å². The number of aromatic nitrogens is 1. The second kappa shape index (κ2) is 6.42. The van der Waals surface area contributed by atoms with Crippen molar-refractivity contribution in [2.24, 2.45) is 0 Å². The molecule has 1 aromatic rings. The summed E-state index contributed by atoms with van der Waals surface area (Å²) < 4.78 is 0. The molecule has 0 saturated carbocycles. The molecule has 5 nitrogen and oxygen atoms in total. The molecule has 0 radical (unpaired) electrons. The lowest BCUT2D eigenvalue weighted by atomic mass is 10.2. The van der Waals surface area contributed by atoms with Crippen molar-refractivity contribution in [1.29, 1.82) is 0 Å². The Labute approximate surface area is 107 Å². The van der Waals surface area contributed by atoms with Gasteiger partial charge in [0, 0.05) is 39.4 Å². The molecule has 2 N–H and O–H groups in total. The number of pyridine rings is 1. The summed E-state index contributed by atoms with van der Waals surface area (Å²) in [6.07, 6.45) is 1.62. The first-order valence-electron chi connectivity index (χ1n) is 5.45. The highest BCUT2D eigenvalue weighted by molar-refractivity contribution is 5.93. The molecule has 0 spiro atoms. The van der Waals surface area contributed by atoms with Gasteiger partial charge in [0.25, 0.3) is 5.91 Å². The minimum Gasteiger partial charge on any atom is -0.355 e. The van der Waals surface area contributed by atoms with Crippen LogP contribution < -0.4 is 15.5 Å². The minimum absolute atomic E-state index is 0. The number of nitrogens with one attached hydrogen (secondary N) is 2. The van der Waals surface area contributed by atoms with Gasteiger partial charge in [0.15, 0.2) is 0 Å². The van der Waals surface area contributed by atoms with Crippen molar-refractivity contribution in [3.8, 4) is 0 Å². The Morgan fingerprint density at radius 3 is 2.65 bits per heavy atom. The zero-order valence-corrected chi connectivity index (χ0v) is 10.6. The van der Waals surface area contributed by atoms with Gasteiger partial charge in [-0.1, -0.05) is 0 Å². The Bertz CT molecular complexity index is 362. The summed E-state index contributed by atoms with van der Waals surface area (Å²) >= 11 is 0. The SMILES string of the molecule is CNC(=O)c1ccc(N2CCNCC2)nc1.Cl. The first kappa shape index (κ1) is 13.7. The molecular weight excluding hydrogens is 240 g/mol. The number of halogens is 1. The summed E-state index contributed by atoms with van der Waals surface area (Å²) in [4.78, 5) is 17.8. The van der Waals surface area contributed by atoms with Crippen LogP contribution in [-0.4, -0.2) is 44.1 Å². The summed E-state index contributed by atoms with van der Waals surface area (Å²) in [7, 11) is 1.62. The average molecular weight is 257 g/mol. The summed E-state index contributed by atoms with van der Waals surface area (Å²) in [5, 5.41) is 5.87. The van der Waals surface area contributed by atoms with Gasteiger partial charge in [-0.25, -0.2) is 4.98 Å². The third-order valence-electron chi connectivity index (χ3n) is 2.68.